The van der Waals surface area contributed by atoms with Crippen molar-refractivity contribution in [2.75, 3.05) is 45.9 Å². The van der Waals surface area contributed by atoms with Crippen LogP contribution in [0.5, 0.6) is 0 Å². The number of benzene rings is 1. The number of sulfonamides is 1. The van der Waals surface area contributed by atoms with Gasteiger partial charge in [-0.2, -0.15) is 4.31 Å². The van der Waals surface area contributed by atoms with Gasteiger partial charge in [0.25, 0.3) is 5.91 Å². The van der Waals surface area contributed by atoms with Gasteiger partial charge in [0.1, 0.15) is 0 Å². The monoisotopic (exact) mass is 483 g/mol. The van der Waals surface area contributed by atoms with E-state index in [1.807, 2.05) is 0 Å². The Morgan fingerprint density at radius 2 is 1.66 bits per heavy atom. The maximum Gasteiger partial charge on any atom is 0.252 e. The number of nitrogens with one attached hydrogen (secondary N) is 1. The molecular formula is C23H34ClN3O4S. The molecule has 0 radical (unpaired) electrons. The fourth-order valence-corrected chi connectivity index (χ4v) is 6.94. The first kappa shape index (κ1) is 24.0. The Balaban J connectivity index is 1.50. The van der Waals surface area contributed by atoms with Crippen LogP contribution in [0.25, 0.3) is 0 Å². The summed E-state index contributed by atoms with van der Waals surface area (Å²) in [4.78, 5) is 15.8. The number of carbonyl (C=O) groups excluding carboxylic acids is 1. The first-order valence-corrected chi connectivity index (χ1v) is 13.6. The van der Waals surface area contributed by atoms with Gasteiger partial charge in [0.2, 0.25) is 10.0 Å². The van der Waals surface area contributed by atoms with Gasteiger partial charge in [-0.1, -0.05) is 37.3 Å². The molecule has 32 heavy (non-hydrogen) atoms. The van der Waals surface area contributed by atoms with Gasteiger partial charge < -0.3 is 10.1 Å². The number of halogens is 1. The van der Waals surface area contributed by atoms with E-state index in [-0.39, 0.29) is 26.9 Å². The molecule has 3 aliphatic rings. The zero-order chi connectivity index (χ0) is 22.6. The van der Waals surface area contributed by atoms with E-state index in [2.05, 4.69) is 10.2 Å². The van der Waals surface area contributed by atoms with Crippen molar-refractivity contribution < 1.29 is 17.9 Å². The average Bonchev–Trinajstić information content (AvgIpc) is 2.84. The Morgan fingerprint density at radius 3 is 2.34 bits per heavy atom. The highest BCUT2D eigenvalue weighted by Crippen LogP contribution is 2.35. The Morgan fingerprint density at radius 1 is 1.00 bits per heavy atom. The standard InChI is InChI=1S/C23H34ClN3O4S/c24-21-8-7-19(32(29,30)27-13-15-31-16-14-27)17-20(21)22(28)25-18-23(9-3-1-4-10-23)26-11-5-2-6-12-26/h7-8,17H,1-6,9-16,18H2,(H,25,28). The molecule has 2 aliphatic heterocycles. The van der Waals surface area contributed by atoms with Crippen molar-refractivity contribution in [3.8, 4) is 0 Å². The minimum Gasteiger partial charge on any atom is -0.379 e. The van der Waals surface area contributed by atoms with E-state index in [0.29, 0.717) is 32.8 Å². The minimum atomic E-state index is -3.69. The lowest BCUT2D eigenvalue weighted by atomic mass is 9.79. The predicted octanol–water partition coefficient (Wildman–Crippen LogP) is 3.28. The summed E-state index contributed by atoms with van der Waals surface area (Å²) in [6.45, 7) is 4.11. The quantitative estimate of drug-likeness (QED) is 0.671. The summed E-state index contributed by atoms with van der Waals surface area (Å²) >= 11 is 6.33. The smallest absolute Gasteiger partial charge is 0.252 e. The van der Waals surface area contributed by atoms with Crippen LogP contribution < -0.4 is 5.32 Å². The highest BCUT2D eigenvalue weighted by atomic mass is 35.5. The highest BCUT2D eigenvalue weighted by molar-refractivity contribution is 7.89. The van der Waals surface area contributed by atoms with Crippen LogP contribution in [-0.2, 0) is 14.8 Å². The fraction of sp³-hybridized carbons (Fsp3) is 0.696. The van der Waals surface area contributed by atoms with E-state index < -0.39 is 10.0 Å². The maximum absolute atomic E-state index is 13.1. The Hall–Kier alpha value is -1.19. The number of hydrogen-bond acceptors (Lipinski definition) is 5. The van der Waals surface area contributed by atoms with Crippen LogP contribution in [0.1, 0.15) is 61.7 Å². The number of ether oxygens (including phenoxy) is 1. The molecule has 3 fully saturated rings. The van der Waals surface area contributed by atoms with E-state index >= 15 is 0 Å². The second-order valence-corrected chi connectivity index (χ2v) is 11.5. The van der Waals surface area contributed by atoms with Crippen molar-refractivity contribution in [3.63, 3.8) is 0 Å². The number of hydrogen-bond donors (Lipinski definition) is 1. The van der Waals surface area contributed by atoms with Crippen molar-refractivity contribution in [1.82, 2.24) is 14.5 Å². The molecule has 1 N–H and O–H groups in total. The second kappa shape index (κ2) is 10.4. The first-order chi connectivity index (χ1) is 15.4. The van der Waals surface area contributed by atoms with Crippen LogP contribution in [0, 0.1) is 0 Å². The maximum atomic E-state index is 13.1. The molecule has 7 nitrogen and oxygen atoms in total. The van der Waals surface area contributed by atoms with Gasteiger partial charge in [-0.15, -0.1) is 0 Å². The van der Waals surface area contributed by atoms with Gasteiger partial charge in [-0.3, -0.25) is 9.69 Å². The van der Waals surface area contributed by atoms with Crippen LogP contribution in [0.15, 0.2) is 23.1 Å². The highest BCUT2D eigenvalue weighted by Gasteiger charge is 2.38. The van der Waals surface area contributed by atoms with Crippen LogP contribution in [0.4, 0.5) is 0 Å². The van der Waals surface area contributed by atoms with Crippen molar-refractivity contribution in [2.24, 2.45) is 0 Å². The largest absolute Gasteiger partial charge is 0.379 e. The Kier molecular flexibility index (Phi) is 7.77. The van der Waals surface area contributed by atoms with Crippen LogP contribution in [-0.4, -0.2) is 75.0 Å². The molecule has 0 spiro atoms. The van der Waals surface area contributed by atoms with E-state index in [4.69, 9.17) is 16.3 Å². The van der Waals surface area contributed by atoms with Crippen LogP contribution >= 0.6 is 11.6 Å². The van der Waals surface area contributed by atoms with Crippen molar-refractivity contribution in [1.29, 1.82) is 0 Å². The number of likely N-dealkylation sites (tertiary alicyclic amines) is 1. The molecule has 9 heteroatoms. The van der Waals surface area contributed by atoms with Gasteiger partial charge in [0.05, 0.1) is 28.7 Å². The van der Waals surface area contributed by atoms with Gasteiger partial charge in [-0.25, -0.2) is 8.42 Å². The van der Waals surface area contributed by atoms with Crippen molar-refractivity contribution >= 4 is 27.5 Å². The number of rotatable bonds is 6. The second-order valence-electron chi connectivity index (χ2n) is 9.17. The third kappa shape index (κ3) is 5.14. The molecule has 0 aromatic heterocycles. The number of piperidine rings is 1. The van der Waals surface area contributed by atoms with Crippen molar-refractivity contribution in [3.05, 3.63) is 28.8 Å². The third-order valence-corrected chi connectivity index (χ3v) is 9.40. The van der Waals surface area contributed by atoms with E-state index in [9.17, 15) is 13.2 Å². The number of amides is 1. The van der Waals surface area contributed by atoms with E-state index in [1.54, 1.807) is 0 Å². The summed E-state index contributed by atoms with van der Waals surface area (Å²) < 4.78 is 32.7. The Labute approximate surface area is 196 Å². The fourth-order valence-electron chi connectivity index (χ4n) is 5.30. The summed E-state index contributed by atoms with van der Waals surface area (Å²) in [5.74, 6) is -0.309. The molecule has 4 rings (SSSR count). The van der Waals surface area contributed by atoms with Gasteiger partial charge in [0.15, 0.2) is 0 Å². The Bertz CT molecular complexity index is 906. The minimum absolute atomic E-state index is 0.00169. The molecule has 178 valence electrons. The van der Waals surface area contributed by atoms with Gasteiger partial charge in [-0.05, 0) is 57.0 Å². The molecule has 2 saturated heterocycles. The summed E-state index contributed by atoms with van der Waals surface area (Å²) in [6.07, 6.45) is 9.49. The van der Waals surface area contributed by atoms with E-state index in [1.165, 1.54) is 61.0 Å². The molecular weight excluding hydrogens is 450 g/mol. The number of nitrogens with zero attached hydrogens (tertiary/aromatic N) is 2. The SMILES string of the molecule is O=C(NCC1(N2CCCCC2)CCCCC1)c1cc(S(=O)(=O)N2CCOCC2)ccc1Cl. The summed E-state index contributed by atoms with van der Waals surface area (Å²) in [7, 11) is -3.69. The molecule has 1 amide bonds. The lowest BCUT2D eigenvalue weighted by Crippen LogP contribution is -2.58. The number of carbonyl (C=O) groups is 1. The molecule has 1 aromatic rings. The molecule has 1 aliphatic carbocycles. The zero-order valence-corrected chi connectivity index (χ0v) is 20.2. The first-order valence-electron chi connectivity index (χ1n) is 11.8. The summed E-state index contributed by atoms with van der Waals surface area (Å²) in [5, 5.41) is 3.38. The lowest BCUT2D eigenvalue weighted by Gasteiger charge is -2.48. The summed E-state index contributed by atoms with van der Waals surface area (Å²) in [6, 6.07) is 4.39. The molecule has 2 heterocycles. The van der Waals surface area contributed by atoms with Crippen LogP contribution in [0.2, 0.25) is 5.02 Å². The molecule has 1 aromatic carbocycles. The molecule has 1 saturated carbocycles. The lowest BCUT2D eigenvalue weighted by molar-refractivity contribution is 0.0326. The topological polar surface area (TPSA) is 79.0 Å². The van der Waals surface area contributed by atoms with Gasteiger partial charge in [0, 0.05) is 25.2 Å². The third-order valence-electron chi connectivity index (χ3n) is 7.18. The summed E-state index contributed by atoms with van der Waals surface area (Å²) in [5.41, 5.74) is 0.212. The van der Waals surface area contributed by atoms with Gasteiger partial charge >= 0.3 is 0 Å². The average molecular weight is 484 g/mol. The molecule has 0 atom stereocenters. The molecule has 0 unspecified atom stereocenters. The predicted molar refractivity (Wildman–Crippen MR) is 125 cm³/mol. The number of morpholine rings is 1. The van der Waals surface area contributed by atoms with E-state index in [0.717, 1.165) is 25.9 Å². The molecule has 0 bridgehead atoms. The van der Waals surface area contributed by atoms with Crippen molar-refractivity contribution in [2.45, 2.75) is 61.8 Å². The van der Waals surface area contributed by atoms with Crippen LogP contribution in [0.3, 0.4) is 0 Å². The zero-order valence-electron chi connectivity index (χ0n) is 18.7. The normalized spacial score (nSPS) is 23.0.